The number of ether oxygens (including phenoxy) is 2. The van der Waals surface area contributed by atoms with Gasteiger partial charge in [-0.2, -0.15) is 0 Å². The Morgan fingerprint density at radius 3 is 1.23 bits per heavy atom. The fourth-order valence-corrected chi connectivity index (χ4v) is 10.7. The predicted octanol–water partition coefficient (Wildman–Crippen LogP) is -1.20. The predicted molar refractivity (Wildman–Crippen MR) is 404 cm³/mol. The van der Waals surface area contributed by atoms with Gasteiger partial charge in [-0.25, -0.2) is 9.59 Å². The van der Waals surface area contributed by atoms with E-state index in [2.05, 4.69) is 79.8 Å². The number of primary amides is 1. The number of alkyl carbamates (subject to hydrolysis) is 1. The normalized spacial score (nSPS) is 15.4. The first-order chi connectivity index (χ1) is 49.7. The number of hydrogen-bond donors (Lipinski definition) is 16. The van der Waals surface area contributed by atoms with Crippen LogP contribution < -0.4 is 85.5 Å². The quantitative estimate of drug-likeness (QED) is 0.0321. The maximum Gasteiger partial charge on any atom is 0.408 e. The summed E-state index contributed by atoms with van der Waals surface area (Å²) in [6.45, 7) is 39.0. The molecule has 17 N–H and O–H groups in total. The molecular weight excluding hydrogens is 1430 g/mol. The molecule has 1 aliphatic rings. The SMILES string of the molecule is COC(=O)C(C)(C)NC(=O)C(C)(C)NC(=O)[C@@H](NC(=O)[C@@H]1CCCN1C(=O)C(C)(C)NC(=O)[C@H](CC(C)C)NC(=O)CNC(=O)C(C)(C)NC(=O)[C@H](CC(C)C)NC(=O)C(C)(C)NC(=O)[C@H](CCC(N)=O)NC(=O)C(C)(C)NC(=O)C(C)(C)NC(=O)[C@H](C)NC(=O)C(C)(C)NC(=O)[C@H](C)NC(=O)OC(C)(C)C)C(C)C. The number of esters is 1. The molecule has 1 rings (SSSR count). The van der Waals surface area contributed by atoms with E-state index in [1.54, 1.807) is 62.3 Å². The average molecular weight is 1560 g/mol. The standard InChI is InChI=1S/C73H127N17O20/c1-37(2)34-43(52(96)86-72(24,25)62(106)90-33-29-30-45(90)54(98)81-48(39(5)6)55(99)87-71(22,23)61(105)89-73(26,27)63(107)109-28)78-47(92)36-75-56(100)66(12,13)85-53(97)44(35-38(3)4)80-58(102)68(16,17)84-51(95)42(31-32-46(74)91)79-59(103)69(18,19)88-60(104)70(20,21)83-49(93)40(7)76-57(101)67(14,15)82-50(94)41(8)77-64(108)110-65(9,10)11/h37-45,48H,29-36H2,1-28H3,(H2,74,91)(H,75,100)(H,76,101)(H,77,108)(H,78,92)(H,79,103)(H,80,102)(H,81,98)(H,82,94)(H,83,93)(H,84,95)(H,85,97)(H,86,96)(H,87,99)(H,88,104)(H,89,105)/t40-,41-,42-,43-,44-,45-,48-/m0/s1. The zero-order chi connectivity index (χ0) is 85.9. The van der Waals surface area contributed by atoms with Gasteiger partial charge in [0, 0.05) is 13.0 Å². The van der Waals surface area contributed by atoms with Crippen LogP contribution >= 0.6 is 0 Å². The monoisotopic (exact) mass is 1560 g/mol. The molecule has 0 aromatic heterocycles. The summed E-state index contributed by atoms with van der Waals surface area (Å²) in [5.74, 6) is -14.9. The van der Waals surface area contributed by atoms with Crippen LogP contribution in [0, 0.1) is 17.8 Å². The van der Waals surface area contributed by atoms with Crippen LogP contribution in [0.3, 0.4) is 0 Å². The Hall–Kier alpha value is -9.74. The maximum absolute atomic E-state index is 14.3. The van der Waals surface area contributed by atoms with Crippen LogP contribution in [0.25, 0.3) is 0 Å². The number of nitrogens with zero attached hydrogens (tertiary/aromatic N) is 1. The van der Waals surface area contributed by atoms with E-state index in [0.29, 0.717) is 6.42 Å². The van der Waals surface area contributed by atoms with Crippen LogP contribution in [0.5, 0.6) is 0 Å². The van der Waals surface area contributed by atoms with Gasteiger partial charge in [-0.3, -0.25) is 76.7 Å². The summed E-state index contributed by atoms with van der Waals surface area (Å²) in [6, 6.07) is -8.89. The van der Waals surface area contributed by atoms with E-state index >= 15 is 0 Å². The van der Waals surface area contributed by atoms with Crippen molar-refractivity contribution in [3.63, 3.8) is 0 Å². The largest absolute Gasteiger partial charge is 0.467 e. The molecule has 0 radical (unpaired) electrons. The van der Waals surface area contributed by atoms with Crippen molar-refractivity contribution in [3.8, 4) is 0 Å². The van der Waals surface area contributed by atoms with E-state index in [-0.39, 0.29) is 37.6 Å². The Labute approximate surface area is 645 Å². The number of carbonyl (C=O) groups is 18. The van der Waals surface area contributed by atoms with Crippen LogP contribution in [0.1, 0.15) is 225 Å². The first-order valence-electron chi connectivity index (χ1n) is 36.7. The fourth-order valence-electron chi connectivity index (χ4n) is 10.7. The second-order valence-corrected chi connectivity index (χ2v) is 34.4. The third-order valence-corrected chi connectivity index (χ3v) is 17.4. The van der Waals surface area contributed by atoms with Gasteiger partial charge in [0.05, 0.1) is 13.7 Å². The van der Waals surface area contributed by atoms with Crippen molar-refractivity contribution in [3.05, 3.63) is 0 Å². The van der Waals surface area contributed by atoms with Crippen molar-refractivity contribution in [2.24, 2.45) is 23.5 Å². The van der Waals surface area contributed by atoms with Gasteiger partial charge < -0.3 is 99.9 Å². The van der Waals surface area contributed by atoms with E-state index in [0.717, 1.165) is 7.11 Å². The molecule has 37 heteroatoms. The van der Waals surface area contributed by atoms with Gasteiger partial charge in [-0.05, 0) is 195 Å². The molecule has 0 bridgehead atoms. The summed E-state index contributed by atoms with van der Waals surface area (Å²) >= 11 is 0. The maximum atomic E-state index is 14.3. The molecule has 0 aromatic carbocycles. The molecule has 624 valence electrons. The summed E-state index contributed by atoms with van der Waals surface area (Å²) < 4.78 is 9.94. The summed E-state index contributed by atoms with van der Waals surface area (Å²) in [4.78, 5) is 245. The molecule has 1 saturated heterocycles. The van der Waals surface area contributed by atoms with Gasteiger partial charge in [0.25, 0.3) is 0 Å². The number of carbonyl (C=O) groups excluding carboxylic acids is 18. The minimum atomic E-state index is -1.88. The van der Waals surface area contributed by atoms with E-state index < -0.39 is 224 Å². The zero-order valence-corrected chi connectivity index (χ0v) is 69.6. The Bertz CT molecular complexity index is 3440. The minimum Gasteiger partial charge on any atom is -0.467 e. The van der Waals surface area contributed by atoms with Crippen LogP contribution in [0.4, 0.5) is 4.79 Å². The molecule has 7 atom stereocenters. The number of amides is 17. The summed E-state index contributed by atoms with van der Waals surface area (Å²) in [7, 11) is 1.16. The molecule has 0 spiro atoms. The molecule has 37 nitrogen and oxygen atoms in total. The molecule has 0 aromatic rings. The van der Waals surface area contributed by atoms with Crippen LogP contribution in [-0.4, -0.2) is 224 Å². The molecule has 0 aliphatic carbocycles. The topological polar surface area (TPSA) is 535 Å². The zero-order valence-electron chi connectivity index (χ0n) is 69.6. The van der Waals surface area contributed by atoms with Crippen molar-refractivity contribution in [2.75, 3.05) is 20.2 Å². The number of nitrogens with two attached hydrogens (primary N) is 1. The number of rotatable bonds is 39. The van der Waals surface area contributed by atoms with Crippen molar-refractivity contribution in [1.29, 1.82) is 0 Å². The van der Waals surface area contributed by atoms with Crippen molar-refractivity contribution < 1.29 is 95.8 Å². The average Bonchev–Trinajstić information content (AvgIpc) is 1.48. The van der Waals surface area contributed by atoms with E-state index in [1.165, 1.54) is 130 Å². The van der Waals surface area contributed by atoms with Gasteiger partial charge in [0.15, 0.2) is 0 Å². The molecule has 1 aliphatic heterocycles. The highest BCUT2D eigenvalue weighted by Crippen LogP contribution is 2.24. The van der Waals surface area contributed by atoms with Crippen LogP contribution in [0.2, 0.25) is 0 Å². The Kier molecular flexibility index (Phi) is 35.1. The first-order valence-corrected chi connectivity index (χ1v) is 36.7. The number of hydrogen-bond acceptors (Lipinski definition) is 20. The highest BCUT2D eigenvalue weighted by atomic mass is 16.6. The molecule has 1 heterocycles. The summed E-state index contributed by atoms with van der Waals surface area (Å²) in [5, 5.41) is 38.2. The second-order valence-electron chi connectivity index (χ2n) is 34.4. The summed E-state index contributed by atoms with van der Waals surface area (Å²) in [5.41, 5.74) is -9.01. The lowest BCUT2D eigenvalue weighted by atomic mass is 9.96. The Morgan fingerprint density at radius 2 is 0.791 bits per heavy atom. The molecule has 0 unspecified atom stereocenters. The van der Waals surface area contributed by atoms with Crippen molar-refractivity contribution in [1.82, 2.24) is 84.7 Å². The third-order valence-electron chi connectivity index (χ3n) is 17.4. The first kappa shape index (κ1) is 98.3. The minimum absolute atomic E-state index is 0.00726. The fraction of sp³-hybridized carbons (Fsp3) is 0.753. The smallest absolute Gasteiger partial charge is 0.408 e. The third kappa shape index (κ3) is 31.0. The Balaban J connectivity index is 3.18. The van der Waals surface area contributed by atoms with E-state index in [9.17, 15) is 86.3 Å². The van der Waals surface area contributed by atoms with E-state index in [1.807, 2.05) is 0 Å². The van der Waals surface area contributed by atoms with Gasteiger partial charge in [0.1, 0.15) is 92.2 Å². The number of methoxy groups -OCH3 is 1. The molecule has 110 heavy (non-hydrogen) atoms. The number of nitrogens with one attached hydrogen (secondary N) is 15. The molecule has 0 saturated carbocycles. The molecule has 17 amide bonds. The van der Waals surface area contributed by atoms with Crippen LogP contribution in [-0.2, 0) is 91.0 Å². The molecule has 1 fully saturated rings. The number of likely N-dealkylation sites (tertiary alicyclic amines) is 1. The second kappa shape index (κ2) is 39.2. The van der Waals surface area contributed by atoms with E-state index in [4.69, 9.17) is 15.2 Å². The van der Waals surface area contributed by atoms with Gasteiger partial charge in [-0.15, -0.1) is 0 Å². The highest BCUT2D eigenvalue weighted by Gasteiger charge is 2.47. The highest BCUT2D eigenvalue weighted by molar-refractivity contribution is 6.03. The Morgan fingerprint density at radius 1 is 0.418 bits per heavy atom. The van der Waals surface area contributed by atoms with Gasteiger partial charge in [0.2, 0.25) is 94.5 Å². The molecular formula is C73H127N17O20. The van der Waals surface area contributed by atoms with Crippen molar-refractivity contribution in [2.45, 2.75) is 318 Å². The van der Waals surface area contributed by atoms with Crippen molar-refractivity contribution >= 4 is 107 Å². The summed E-state index contributed by atoms with van der Waals surface area (Å²) in [6.07, 6.45) is -1.07. The van der Waals surface area contributed by atoms with Crippen LogP contribution in [0.15, 0.2) is 0 Å². The lowest BCUT2D eigenvalue weighted by molar-refractivity contribution is -0.150. The van der Waals surface area contributed by atoms with Gasteiger partial charge in [-0.1, -0.05) is 41.5 Å². The lowest BCUT2D eigenvalue weighted by Gasteiger charge is -2.35. The van der Waals surface area contributed by atoms with Gasteiger partial charge >= 0.3 is 12.1 Å². The lowest BCUT2D eigenvalue weighted by Crippen LogP contribution is -2.66.